The number of carbonyl (C=O) groups is 3. The van der Waals surface area contributed by atoms with Gasteiger partial charge in [0.05, 0.1) is 13.1 Å². The second-order valence-electron chi connectivity index (χ2n) is 10.9. The summed E-state index contributed by atoms with van der Waals surface area (Å²) in [5.74, 6) is -0.303. The molecule has 2 atom stereocenters. The van der Waals surface area contributed by atoms with Gasteiger partial charge in [-0.2, -0.15) is 0 Å². The molecule has 0 radical (unpaired) electrons. The maximum atomic E-state index is 14.1. The molecule has 2 aliphatic heterocycles. The van der Waals surface area contributed by atoms with Gasteiger partial charge < -0.3 is 25.2 Å². The molecule has 4 aromatic rings. The van der Waals surface area contributed by atoms with Crippen LogP contribution in [0.5, 0.6) is 5.75 Å². The number of aromatic amines is 1. The number of carbonyl (C=O) groups excluding carboxylic acids is 3. The molecule has 0 spiro atoms. The van der Waals surface area contributed by atoms with Gasteiger partial charge in [0.2, 0.25) is 11.8 Å². The van der Waals surface area contributed by atoms with Crippen LogP contribution in [0.4, 0.5) is 4.79 Å². The first kappa shape index (κ1) is 28.0. The van der Waals surface area contributed by atoms with Gasteiger partial charge in [-0.1, -0.05) is 60.7 Å². The number of hydrogen-bond acceptors (Lipinski definition) is 5. The van der Waals surface area contributed by atoms with Crippen molar-refractivity contribution < 1.29 is 19.5 Å². The average molecular weight is 579 g/mol. The van der Waals surface area contributed by atoms with Gasteiger partial charge in [0.1, 0.15) is 18.0 Å². The first-order valence-electron chi connectivity index (χ1n) is 14.3. The predicted octanol–water partition coefficient (Wildman–Crippen LogP) is 3.61. The number of H-pyrrole nitrogens is 1. The SMILES string of the molecule is C=CCN1CC(=O)N2[C@@H](Cc3ccc(O)cc3)C(=O)N(Cc3ccc4cc[nH]c4c3)C[C@@H]2N1C(=O)NCc1ccccc1. The van der Waals surface area contributed by atoms with Crippen molar-refractivity contribution in [1.82, 2.24) is 30.1 Å². The highest BCUT2D eigenvalue weighted by Crippen LogP contribution is 2.30. The summed E-state index contributed by atoms with van der Waals surface area (Å²) in [6.07, 6.45) is 3.05. The summed E-state index contributed by atoms with van der Waals surface area (Å²) in [6, 6.07) is 23.1. The molecule has 4 amide bonds. The second-order valence-corrected chi connectivity index (χ2v) is 10.9. The maximum Gasteiger partial charge on any atom is 0.334 e. The smallest absolute Gasteiger partial charge is 0.334 e. The Bertz CT molecular complexity index is 1640. The summed E-state index contributed by atoms with van der Waals surface area (Å²) in [7, 11) is 0. The number of fused-ring (bicyclic) bond motifs is 2. The van der Waals surface area contributed by atoms with Gasteiger partial charge >= 0.3 is 6.03 Å². The average Bonchev–Trinajstić information content (AvgIpc) is 3.48. The van der Waals surface area contributed by atoms with Gasteiger partial charge in [-0.05, 0) is 46.3 Å². The number of piperazine rings is 1. The number of rotatable bonds is 8. The normalized spacial score (nSPS) is 19.0. The number of phenolic OH excluding ortho intramolecular Hbond substituents is 1. The fourth-order valence-corrected chi connectivity index (χ4v) is 5.97. The van der Waals surface area contributed by atoms with Crippen LogP contribution in [0.15, 0.2) is 97.7 Å². The van der Waals surface area contributed by atoms with Crippen molar-refractivity contribution >= 4 is 28.7 Å². The van der Waals surface area contributed by atoms with Crippen LogP contribution in [0, 0.1) is 0 Å². The summed E-state index contributed by atoms with van der Waals surface area (Å²) in [6.45, 7) is 4.84. The standard InChI is InChI=1S/C33H34N6O4/c1-2-16-37-22-31(41)38-29(18-23-9-12-27(40)13-10-23)32(42)36(20-25-8-11-26-14-15-34-28(26)17-25)21-30(38)39(37)33(43)35-19-24-6-4-3-5-7-24/h2-15,17,29-30,34,40H,1,16,18-22H2,(H,35,43)/t29-,30-/m0/s1. The molecule has 0 bridgehead atoms. The van der Waals surface area contributed by atoms with Crippen LogP contribution in [-0.4, -0.2) is 79.6 Å². The predicted molar refractivity (Wildman–Crippen MR) is 162 cm³/mol. The third-order valence-electron chi connectivity index (χ3n) is 8.02. The van der Waals surface area contributed by atoms with Crippen LogP contribution < -0.4 is 5.32 Å². The Balaban J connectivity index is 1.34. The zero-order chi connectivity index (χ0) is 29.9. The van der Waals surface area contributed by atoms with Gasteiger partial charge in [-0.3, -0.25) is 9.59 Å². The molecule has 1 aromatic heterocycles. The molecular formula is C33H34N6O4. The molecule has 3 N–H and O–H groups in total. The lowest BCUT2D eigenvalue weighted by Crippen LogP contribution is -2.76. The second kappa shape index (κ2) is 12.0. The van der Waals surface area contributed by atoms with Crippen LogP contribution in [-0.2, 0) is 29.1 Å². The molecule has 10 heteroatoms. The van der Waals surface area contributed by atoms with Gasteiger partial charge in [0.15, 0.2) is 0 Å². The van der Waals surface area contributed by atoms with Gasteiger partial charge in [0.25, 0.3) is 0 Å². The van der Waals surface area contributed by atoms with E-state index >= 15 is 0 Å². The van der Waals surface area contributed by atoms with Crippen molar-refractivity contribution in [3.63, 3.8) is 0 Å². The van der Waals surface area contributed by atoms with Crippen molar-refractivity contribution in [1.29, 1.82) is 0 Å². The van der Waals surface area contributed by atoms with Crippen molar-refractivity contribution in [2.75, 3.05) is 19.6 Å². The first-order chi connectivity index (χ1) is 20.9. The number of hydrazine groups is 1. The number of aromatic nitrogens is 1. The van der Waals surface area contributed by atoms with E-state index < -0.39 is 12.2 Å². The van der Waals surface area contributed by atoms with Crippen molar-refractivity contribution in [3.05, 3.63) is 114 Å². The first-order valence-corrected chi connectivity index (χ1v) is 14.3. The molecule has 2 aliphatic rings. The molecule has 3 heterocycles. The zero-order valence-corrected chi connectivity index (χ0v) is 23.7. The Morgan fingerprint density at radius 1 is 1.00 bits per heavy atom. The Hall–Kier alpha value is -5.09. The highest BCUT2D eigenvalue weighted by Gasteiger charge is 2.51. The third kappa shape index (κ3) is 5.82. The lowest BCUT2D eigenvalue weighted by molar-refractivity contribution is -0.189. The molecule has 220 valence electrons. The Morgan fingerprint density at radius 3 is 2.53 bits per heavy atom. The summed E-state index contributed by atoms with van der Waals surface area (Å²) in [4.78, 5) is 48.2. The molecule has 2 saturated heterocycles. The summed E-state index contributed by atoms with van der Waals surface area (Å²) < 4.78 is 0. The van der Waals surface area contributed by atoms with E-state index in [1.165, 1.54) is 0 Å². The van der Waals surface area contributed by atoms with Gasteiger partial charge in [-0.25, -0.2) is 14.8 Å². The van der Waals surface area contributed by atoms with Crippen LogP contribution >= 0.6 is 0 Å². The Morgan fingerprint density at radius 2 is 1.77 bits per heavy atom. The fourth-order valence-electron chi connectivity index (χ4n) is 5.97. The molecule has 0 saturated carbocycles. The van der Waals surface area contributed by atoms with E-state index in [0.717, 1.165) is 27.6 Å². The highest BCUT2D eigenvalue weighted by molar-refractivity contribution is 5.92. The topological polar surface area (TPSA) is 112 Å². The Kier molecular flexibility index (Phi) is 7.84. The number of urea groups is 1. The molecular weight excluding hydrogens is 544 g/mol. The van der Waals surface area contributed by atoms with Crippen molar-refractivity contribution in [3.8, 4) is 5.75 Å². The minimum atomic E-state index is -0.833. The van der Waals surface area contributed by atoms with Crippen LogP contribution in [0.2, 0.25) is 0 Å². The quantitative estimate of drug-likeness (QED) is 0.277. The monoisotopic (exact) mass is 578 g/mol. The minimum absolute atomic E-state index is 0.0654. The van der Waals surface area contributed by atoms with Crippen molar-refractivity contribution in [2.24, 2.45) is 0 Å². The summed E-state index contributed by atoms with van der Waals surface area (Å²) in [5, 5.41) is 17.2. The van der Waals surface area contributed by atoms with Gasteiger partial charge in [-0.15, -0.1) is 6.58 Å². The molecule has 0 aliphatic carbocycles. The van der Waals surface area contributed by atoms with Crippen LogP contribution in [0.1, 0.15) is 16.7 Å². The third-order valence-corrected chi connectivity index (χ3v) is 8.02. The molecule has 43 heavy (non-hydrogen) atoms. The number of aromatic hydroxyl groups is 1. The van der Waals surface area contributed by atoms with E-state index in [1.54, 1.807) is 50.2 Å². The zero-order valence-electron chi connectivity index (χ0n) is 23.7. The van der Waals surface area contributed by atoms with E-state index in [9.17, 15) is 19.5 Å². The minimum Gasteiger partial charge on any atom is -0.508 e. The lowest BCUT2D eigenvalue weighted by Gasteiger charge is -2.55. The highest BCUT2D eigenvalue weighted by atomic mass is 16.3. The molecule has 0 unspecified atom stereocenters. The Labute approximate surface area is 249 Å². The summed E-state index contributed by atoms with van der Waals surface area (Å²) in [5.41, 5.74) is 3.65. The number of nitrogens with zero attached hydrogens (tertiary/aromatic N) is 4. The molecule has 2 fully saturated rings. The van der Waals surface area contributed by atoms with E-state index in [1.807, 2.05) is 60.8 Å². The van der Waals surface area contributed by atoms with E-state index in [4.69, 9.17) is 0 Å². The maximum absolute atomic E-state index is 14.1. The summed E-state index contributed by atoms with van der Waals surface area (Å²) >= 11 is 0. The van der Waals surface area contributed by atoms with Crippen molar-refractivity contribution in [2.45, 2.75) is 31.7 Å². The van der Waals surface area contributed by atoms with E-state index in [-0.39, 0.29) is 49.7 Å². The number of nitrogens with one attached hydrogen (secondary N) is 2. The van der Waals surface area contributed by atoms with Crippen LogP contribution in [0.25, 0.3) is 10.9 Å². The lowest BCUT2D eigenvalue weighted by atomic mass is 9.98. The van der Waals surface area contributed by atoms with E-state index in [2.05, 4.69) is 16.9 Å². The number of phenols is 1. The fraction of sp³-hybridized carbons (Fsp3) is 0.242. The number of benzene rings is 3. The van der Waals surface area contributed by atoms with Gasteiger partial charge in [0, 0.05) is 37.8 Å². The largest absolute Gasteiger partial charge is 0.508 e. The van der Waals surface area contributed by atoms with E-state index in [0.29, 0.717) is 13.1 Å². The molecule has 10 nitrogen and oxygen atoms in total. The van der Waals surface area contributed by atoms with Crippen LogP contribution in [0.3, 0.4) is 0 Å². The number of hydrogen-bond donors (Lipinski definition) is 3. The molecule has 6 rings (SSSR count). The number of amides is 4. The molecule has 3 aromatic carbocycles.